The van der Waals surface area contributed by atoms with Crippen LogP contribution < -0.4 is 10.6 Å². The van der Waals surface area contributed by atoms with Crippen molar-refractivity contribution in [2.24, 2.45) is 10.9 Å². The summed E-state index contributed by atoms with van der Waals surface area (Å²) in [6.45, 7) is 9.84. The first-order valence-electron chi connectivity index (χ1n) is 11.1. The van der Waals surface area contributed by atoms with Crippen LogP contribution in [0.15, 0.2) is 48.0 Å². The number of ether oxygens (including phenoxy) is 1. The summed E-state index contributed by atoms with van der Waals surface area (Å²) >= 11 is 0. The van der Waals surface area contributed by atoms with Crippen LogP contribution in [0.4, 0.5) is 0 Å². The highest BCUT2D eigenvalue weighted by atomic mass is 16.5. The molecule has 3 rings (SSSR count). The van der Waals surface area contributed by atoms with Gasteiger partial charge in [-0.05, 0) is 17.5 Å². The van der Waals surface area contributed by atoms with Crippen LogP contribution in [0.25, 0.3) is 5.69 Å². The summed E-state index contributed by atoms with van der Waals surface area (Å²) in [4.78, 5) is 11.2. The van der Waals surface area contributed by atoms with E-state index >= 15 is 0 Å². The fourth-order valence-corrected chi connectivity index (χ4v) is 4.25. The topological polar surface area (TPSA) is 66.7 Å². The van der Waals surface area contributed by atoms with Gasteiger partial charge in [-0.3, -0.25) is 9.89 Å². The molecule has 0 amide bonds. The van der Waals surface area contributed by atoms with Crippen molar-refractivity contribution < 1.29 is 4.74 Å². The monoisotopic (exact) mass is 412 g/mol. The Hall–Kier alpha value is -2.38. The average molecular weight is 413 g/mol. The van der Waals surface area contributed by atoms with Gasteiger partial charge in [-0.25, -0.2) is 4.98 Å². The fourth-order valence-electron chi connectivity index (χ4n) is 4.25. The minimum Gasteiger partial charge on any atom is -0.379 e. The molecule has 7 heteroatoms. The summed E-state index contributed by atoms with van der Waals surface area (Å²) < 4.78 is 7.60. The number of morpholine rings is 1. The number of rotatable bonds is 9. The van der Waals surface area contributed by atoms with Crippen molar-refractivity contribution in [2.45, 2.75) is 39.3 Å². The maximum atomic E-state index is 5.57. The summed E-state index contributed by atoms with van der Waals surface area (Å²) in [5.74, 6) is 1.50. The first-order chi connectivity index (χ1) is 14.8. The van der Waals surface area contributed by atoms with Gasteiger partial charge in [0.1, 0.15) is 0 Å². The van der Waals surface area contributed by atoms with Crippen LogP contribution in [0.2, 0.25) is 0 Å². The van der Waals surface area contributed by atoms with Crippen LogP contribution in [-0.4, -0.2) is 66.3 Å². The highest BCUT2D eigenvalue weighted by molar-refractivity contribution is 5.79. The largest absolute Gasteiger partial charge is 0.379 e. The molecule has 0 saturated carbocycles. The van der Waals surface area contributed by atoms with Crippen molar-refractivity contribution in [3.63, 3.8) is 0 Å². The van der Waals surface area contributed by atoms with E-state index in [0.717, 1.165) is 44.5 Å². The van der Waals surface area contributed by atoms with Gasteiger partial charge in [0.2, 0.25) is 0 Å². The van der Waals surface area contributed by atoms with E-state index in [1.54, 1.807) is 6.20 Å². The summed E-state index contributed by atoms with van der Waals surface area (Å²) in [7, 11) is 1.83. The van der Waals surface area contributed by atoms with Crippen LogP contribution in [0.5, 0.6) is 0 Å². The fraction of sp³-hybridized carbons (Fsp3) is 0.565. The van der Waals surface area contributed by atoms with E-state index in [-0.39, 0.29) is 0 Å². The third-order valence-corrected chi connectivity index (χ3v) is 6.03. The Balaban J connectivity index is 1.61. The minimum atomic E-state index is 0.487. The van der Waals surface area contributed by atoms with Gasteiger partial charge in [-0.2, -0.15) is 0 Å². The highest BCUT2D eigenvalue weighted by Crippen LogP contribution is 2.19. The Kier molecular flexibility index (Phi) is 8.71. The van der Waals surface area contributed by atoms with Crippen molar-refractivity contribution in [3.05, 3.63) is 48.5 Å². The molecule has 1 aromatic carbocycles. The summed E-state index contributed by atoms with van der Waals surface area (Å²) in [6, 6.07) is 8.84. The maximum Gasteiger partial charge on any atom is 0.191 e. The predicted octanol–water partition coefficient (Wildman–Crippen LogP) is 2.67. The van der Waals surface area contributed by atoms with Gasteiger partial charge in [0.05, 0.1) is 25.2 Å². The molecule has 1 aliphatic heterocycles. The molecule has 1 unspecified atom stereocenters. The van der Waals surface area contributed by atoms with Crippen molar-refractivity contribution in [1.29, 1.82) is 0 Å². The molecule has 164 valence electrons. The smallest absolute Gasteiger partial charge is 0.191 e. The quantitative estimate of drug-likeness (QED) is 0.490. The molecule has 1 aromatic heterocycles. The molecule has 2 heterocycles. The zero-order valence-electron chi connectivity index (χ0n) is 18.6. The van der Waals surface area contributed by atoms with Gasteiger partial charge in [0.25, 0.3) is 0 Å². The molecule has 1 atom stereocenters. The number of hydrogen-bond donors (Lipinski definition) is 2. The van der Waals surface area contributed by atoms with Crippen LogP contribution >= 0.6 is 0 Å². The first-order valence-corrected chi connectivity index (χ1v) is 11.1. The number of nitrogens with zero attached hydrogens (tertiary/aromatic N) is 4. The molecule has 30 heavy (non-hydrogen) atoms. The molecule has 1 saturated heterocycles. The Morgan fingerprint density at radius 1 is 1.17 bits per heavy atom. The number of aromatic nitrogens is 2. The highest BCUT2D eigenvalue weighted by Gasteiger charge is 2.27. The molecule has 0 spiro atoms. The summed E-state index contributed by atoms with van der Waals surface area (Å²) in [6.07, 6.45) is 7.96. The molecular weight excluding hydrogens is 376 g/mol. The van der Waals surface area contributed by atoms with Gasteiger partial charge in [0.15, 0.2) is 5.96 Å². The van der Waals surface area contributed by atoms with Gasteiger partial charge < -0.3 is 19.9 Å². The van der Waals surface area contributed by atoms with Crippen LogP contribution in [0.1, 0.15) is 32.3 Å². The van der Waals surface area contributed by atoms with Crippen molar-refractivity contribution >= 4 is 5.96 Å². The number of aliphatic imine (C=N–C) groups is 1. The second-order valence-electron chi connectivity index (χ2n) is 7.70. The lowest BCUT2D eigenvalue weighted by molar-refractivity contribution is 0.00272. The first kappa shape index (κ1) is 22.3. The molecule has 7 nitrogen and oxygen atoms in total. The Labute approximate surface area is 180 Å². The van der Waals surface area contributed by atoms with E-state index in [0.29, 0.717) is 18.5 Å². The standard InChI is InChI=1S/C23H36N6O/c1-4-19(5-2)22(28-12-14-30-15-13-28)17-27-23(24-3)26-16-20-8-6-7-9-21(20)29-11-10-25-18-29/h6-11,18-19,22H,4-5,12-17H2,1-3H3,(H2,24,26,27). The molecule has 1 fully saturated rings. The number of para-hydroxylation sites is 1. The van der Waals surface area contributed by atoms with Gasteiger partial charge in [0, 0.05) is 51.7 Å². The minimum absolute atomic E-state index is 0.487. The molecule has 0 bridgehead atoms. The second kappa shape index (κ2) is 11.7. The molecule has 2 aromatic rings. The van der Waals surface area contributed by atoms with Crippen molar-refractivity contribution in [1.82, 2.24) is 25.1 Å². The molecule has 0 radical (unpaired) electrons. The lowest BCUT2D eigenvalue weighted by Crippen LogP contribution is -2.53. The molecular formula is C23H36N6O. The van der Waals surface area contributed by atoms with E-state index < -0.39 is 0 Å². The lowest BCUT2D eigenvalue weighted by Gasteiger charge is -2.39. The SMILES string of the molecule is CCC(CC)C(CNC(=NC)NCc1ccccc1-n1ccnc1)N1CCOCC1. The molecule has 1 aliphatic rings. The second-order valence-corrected chi connectivity index (χ2v) is 7.70. The molecule has 2 N–H and O–H groups in total. The van der Waals surface area contributed by atoms with Crippen LogP contribution in [0.3, 0.4) is 0 Å². The number of guanidine groups is 1. The number of hydrogen-bond acceptors (Lipinski definition) is 4. The third-order valence-electron chi connectivity index (χ3n) is 6.03. The summed E-state index contributed by atoms with van der Waals surface area (Å²) in [5, 5.41) is 7.06. The zero-order valence-corrected chi connectivity index (χ0v) is 18.6. The lowest BCUT2D eigenvalue weighted by atomic mass is 9.92. The third kappa shape index (κ3) is 5.83. The van der Waals surface area contributed by atoms with Gasteiger partial charge in [-0.15, -0.1) is 0 Å². The number of benzene rings is 1. The van der Waals surface area contributed by atoms with E-state index in [1.807, 2.05) is 24.1 Å². The van der Waals surface area contributed by atoms with Crippen molar-refractivity contribution in [2.75, 3.05) is 39.9 Å². The van der Waals surface area contributed by atoms with Gasteiger partial charge >= 0.3 is 0 Å². The van der Waals surface area contributed by atoms with Crippen molar-refractivity contribution in [3.8, 4) is 5.69 Å². The van der Waals surface area contributed by atoms with E-state index in [9.17, 15) is 0 Å². The van der Waals surface area contributed by atoms with E-state index in [4.69, 9.17) is 4.74 Å². The van der Waals surface area contributed by atoms with Crippen LogP contribution in [-0.2, 0) is 11.3 Å². The number of imidazole rings is 1. The predicted molar refractivity (Wildman–Crippen MR) is 122 cm³/mol. The molecule has 0 aliphatic carbocycles. The Bertz CT molecular complexity index is 766. The van der Waals surface area contributed by atoms with E-state index in [1.165, 1.54) is 18.4 Å². The van der Waals surface area contributed by atoms with Crippen LogP contribution in [0, 0.1) is 5.92 Å². The maximum absolute atomic E-state index is 5.57. The Morgan fingerprint density at radius 3 is 2.60 bits per heavy atom. The average Bonchev–Trinajstić information content (AvgIpc) is 3.34. The van der Waals surface area contributed by atoms with Gasteiger partial charge in [-0.1, -0.05) is 44.9 Å². The Morgan fingerprint density at radius 2 is 1.93 bits per heavy atom. The number of nitrogens with one attached hydrogen (secondary N) is 2. The summed E-state index contributed by atoms with van der Waals surface area (Å²) in [5.41, 5.74) is 2.32. The van der Waals surface area contributed by atoms with E-state index in [2.05, 4.69) is 63.6 Å². The zero-order chi connectivity index (χ0) is 21.2. The normalized spacial score (nSPS) is 16.6.